The number of anilines is 1. The highest BCUT2D eigenvalue weighted by atomic mass is 32.2. The fraction of sp³-hybridized carbons (Fsp3) is 0.333. The summed E-state index contributed by atoms with van der Waals surface area (Å²) in [5.41, 5.74) is 2.57. The molecular formula is C15H19NS2. The maximum Gasteiger partial charge on any atom is 0.0428 e. The van der Waals surface area contributed by atoms with Gasteiger partial charge in [-0.3, -0.25) is 0 Å². The Morgan fingerprint density at radius 3 is 2.83 bits per heavy atom. The number of thioether (sulfide) groups is 1. The molecule has 0 saturated heterocycles. The molecule has 1 aromatic carbocycles. The molecule has 1 aromatic heterocycles. The van der Waals surface area contributed by atoms with Crippen molar-refractivity contribution in [1.82, 2.24) is 0 Å². The summed E-state index contributed by atoms with van der Waals surface area (Å²) in [7, 11) is 0. The Morgan fingerprint density at radius 2 is 2.06 bits per heavy atom. The van der Waals surface area contributed by atoms with Crippen LogP contribution in [0.1, 0.15) is 13.3 Å². The van der Waals surface area contributed by atoms with Gasteiger partial charge >= 0.3 is 0 Å². The summed E-state index contributed by atoms with van der Waals surface area (Å²) in [6, 6.07) is 12.8. The fourth-order valence-electron chi connectivity index (χ4n) is 1.83. The van der Waals surface area contributed by atoms with Gasteiger partial charge in [-0.15, -0.1) is 11.3 Å². The first kappa shape index (κ1) is 13.5. The molecule has 0 aliphatic rings. The first-order valence-corrected chi connectivity index (χ1v) is 8.39. The maximum atomic E-state index is 3.55. The van der Waals surface area contributed by atoms with Crippen molar-refractivity contribution in [3.8, 4) is 10.4 Å². The minimum absolute atomic E-state index is 1.05. The molecule has 0 bridgehead atoms. The van der Waals surface area contributed by atoms with Crippen molar-refractivity contribution >= 4 is 28.8 Å². The van der Waals surface area contributed by atoms with Gasteiger partial charge in [0, 0.05) is 22.7 Å². The molecule has 0 radical (unpaired) electrons. The van der Waals surface area contributed by atoms with Gasteiger partial charge in [-0.05, 0) is 35.4 Å². The van der Waals surface area contributed by atoms with Crippen molar-refractivity contribution in [3.05, 3.63) is 41.8 Å². The molecular weight excluding hydrogens is 258 g/mol. The quantitative estimate of drug-likeness (QED) is 0.717. The van der Waals surface area contributed by atoms with Crippen LogP contribution in [-0.2, 0) is 0 Å². The topological polar surface area (TPSA) is 12.0 Å². The molecule has 18 heavy (non-hydrogen) atoms. The van der Waals surface area contributed by atoms with Gasteiger partial charge in [0.05, 0.1) is 0 Å². The van der Waals surface area contributed by atoms with Crippen LogP contribution < -0.4 is 5.32 Å². The average molecular weight is 277 g/mol. The van der Waals surface area contributed by atoms with E-state index in [0.717, 1.165) is 6.54 Å². The van der Waals surface area contributed by atoms with E-state index in [2.05, 4.69) is 54.0 Å². The van der Waals surface area contributed by atoms with E-state index in [0.29, 0.717) is 0 Å². The molecule has 1 heterocycles. The lowest BCUT2D eigenvalue weighted by Crippen LogP contribution is -2.03. The molecule has 0 saturated carbocycles. The summed E-state index contributed by atoms with van der Waals surface area (Å²) in [6.45, 7) is 3.26. The Bertz CT molecular complexity index is 451. The van der Waals surface area contributed by atoms with Gasteiger partial charge in [0.25, 0.3) is 0 Å². The summed E-state index contributed by atoms with van der Waals surface area (Å²) in [6.07, 6.45) is 1.22. The van der Waals surface area contributed by atoms with Crippen molar-refractivity contribution in [1.29, 1.82) is 0 Å². The van der Waals surface area contributed by atoms with Crippen LogP contribution in [0.25, 0.3) is 10.4 Å². The summed E-state index contributed by atoms with van der Waals surface area (Å²) < 4.78 is 0. The summed E-state index contributed by atoms with van der Waals surface area (Å²) in [5, 5.41) is 5.68. The summed E-state index contributed by atoms with van der Waals surface area (Å²) in [4.78, 5) is 1.33. The van der Waals surface area contributed by atoms with Gasteiger partial charge in [0.2, 0.25) is 0 Å². The Morgan fingerprint density at radius 1 is 1.17 bits per heavy atom. The predicted molar refractivity (Wildman–Crippen MR) is 85.9 cm³/mol. The van der Waals surface area contributed by atoms with Gasteiger partial charge in [-0.25, -0.2) is 0 Å². The first-order chi connectivity index (χ1) is 8.92. The highest BCUT2D eigenvalue weighted by Gasteiger charge is 2.04. The molecule has 1 nitrogen and oxygen atoms in total. The number of para-hydroxylation sites is 1. The van der Waals surface area contributed by atoms with Crippen molar-refractivity contribution in [2.45, 2.75) is 13.3 Å². The van der Waals surface area contributed by atoms with E-state index in [-0.39, 0.29) is 0 Å². The van der Waals surface area contributed by atoms with Crippen LogP contribution in [0.3, 0.4) is 0 Å². The number of hydrogen-bond acceptors (Lipinski definition) is 3. The van der Waals surface area contributed by atoms with Gasteiger partial charge in [-0.2, -0.15) is 11.8 Å². The molecule has 0 aliphatic heterocycles. The molecule has 0 amide bonds. The van der Waals surface area contributed by atoms with Gasteiger partial charge < -0.3 is 5.32 Å². The number of rotatable bonds is 7. The van der Waals surface area contributed by atoms with E-state index >= 15 is 0 Å². The second-order valence-corrected chi connectivity index (χ2v) is 6.34. The Balaban J connectivity index is 1.96. The Hall–Kier alpha value is -0.930. The van der Waals surface area contributed by atoms with Crippen LogP contribution in [0.5, 0.6) is 0 Å². The van der Waals surface area contributed by atoms with Crippen LogP contribution in [0.15, 0.2) is 41.8 Å². The van der Waals surface area contributed by atoms with E-state index < -0.39 is 0 Å². The minimum Gasteiger partial charge on any atom is -0.384 e. The molecule has 0 atom stereocenters. The Kier molecular flexibility index (Phi) is 5.62. The van der Waals surface area contributed by atoms with Crippen molar-refractivity contribution < 1.29 is 0 Å². The van der Waals surface area contributed by atoms with E-state index in [1.165, 1.54) is 34.1 Å². The van der Waals surface area contributed by atoms with Crippen LogP contribution in [0, 0.1) is 0 Å². The third-order valence-electron chi connectivity index (χ3n) is 2.70. The number of hydrogen-bond donors (Lipinski definition) is 1. The molecule has 3 heteroatoms. The van der Waals surface area contributed by atoms with Crippen molar-refractivity contribution in [3.63, 3.8) is 0 Å². The van der Waals surface area contributed by atoms with E-state index in [4.69, 9.17) is 0 Å². The molecule has 0 aliphatic carbocycles. The van der Waals surface area contributed by atoms with E-state index in [1.54, 1.807) is 11.3 Å². The molecule has 2 rings (SSSR count). The molecule has 1 N–H and O–H groups in total. The largest absolute Gasteiger partial charge is 0.384 e. The van der Waals surface area contributed by atoms with Crippen LogP contribution >= 0.6 is 23.1 Å². The zero-order valence-corrected chi connectivity index (χ0v) is 12.3. The first-order valence-electron chi connectivity index (χ1n) is 6.36. The second kappa shape index (κ2) is 7.49. The predicted octanol–water partition coefficient (Wildman–Crippen LogP) is 4.97. The average Bonchev–Trinajstić information content (AvgIpc) is 2.93. The Labute approximate surface area is 118 Å². The van der Waals surface area contributed by atoms with Crippen LogP contribution in [-0.4, -0.2) is 18.1 Å². The number of nitrogens with one attached hydrogen (secondary N) is 1. The number of benzene rings is 1. The lowest BCUT2D eigenvalue weighted by atomic mass is 10.1. The second-order valence-electron chi connectivity index (χ2n) is 4.00. The lowest BCUT2D eigenvalue weighted by molar-refractivity contribution is 0.992. The van der Waals surface area contributed by atoms with Gasteiger partial charge in [0.1, 0.15) is 0 Å². The smallest absolute Gasteiger partial charge is 0.0428 e. The van der Waals surface area contributed by atoms with Crippen LogP contribution in [0.2, 0.25) is 0 Å². The van der Waals surface area contributed by atoms with Gasteiger partial charge in [-0.1, -0.05) is 31.2 Å². The normalized spacial score (nSPS) is 10.5. The van der Waals surface area contributed by atoms with E-state index in [9.17, 15) is 0 Å². The molecule has 0 spiro atoms. The fourth-order valence-corrected chi connectivity index (χ4v) is 3.23. The lowest BCUT2D eigenvalue weighted by Gasteiger charge is -2.10. The molecule has 96 valence electrons. The molecule has 0 fully saturated rings. The van der Waals surface area contributed by atoms with Gasteiger partial charge in [0.15, 0.2) is 0 Å². The van der Waals surface area contributed by atoms with E-state index in [1.807, 2.05) is 11.8 Å². The zero-order valence-electron chi connectivity index (χ0n) is 10.7. The molecule has 2 aromatic rings. The SMILES string of the molecule is CCSCCCNc1ccccc1-c1cccs1. The maximum absolute atomic E-state index is 3.55. The summed E-state index contributed by atoms with van der Waals surface area (Å²) >= 11 is 3.80. The van der Waals surface area contributed by atoms with Crippen molar-refractivity contribution in [2.24, 2.45) is 0 Å². The standard InChI is InChI=1S/C15H19NS2/c1-2-17-11-6-10-16-14-8-4-3-7-13(14)15-9-5-12-18-15/h3-5,7-9,12,16H,2,6,10-11H2,1H3. The number of thiophene rings is 1. The highest BCUT2D eigenvalue weighted by Crippen LogP contribution is 2.31. The monoisotopic (exact) mass is 277 g/mol. The van der Waals surface area contributed by atoms with Crippen molar-refractivity contribution in [2.75, 3.05) is 23.4 Å². The van der Waals surface area contributed by atoms with Crippen LogP contribution in [0.4, 0.5) is 5.69 Å². The highest BCUT2D eigenvalue weighted by molar-refractivity contribution is 7.99. The minimum atomic E-state index is 1.05. The molecule has 0 unspecified atom stereocenters. The third-order valence-corrected chi connectivity index (χ3v) is 4.59. The third kappa shape index (κ3) is 3.79. The summed E-state index contributed by atoms with van der Waals surface area (Å²) in [5.74, 6) is 2.45. The zero-order chi connectivity index (χ0) is 12.6.